The molecular formula is C22H25NO6S. The highest BCUT2D eigenvalue weighted by Crippen LogP contribution is 2.29. The monoisotopic (exact) mass is 431 g/mol. The number of aryl methyl sites for hydroxylation is 1. The van der Waals surface area contributed by atoms with E-state index in [4.69, 9.17) is 9.47 Å². The SMILES string of the molecule is COc1ccc(C)cc1NC(=O)C(OC(=O)CC1CCS(=O)(=O)C1)c1ccccc1. The molecule has 0 aromatic heterocycles. The fourth-order valence-corrected chi connectivity index (χ4v) is 5.33. The van der Waals surface area contributed by atoms with Gasteiger partial charge in [-0.05, 0) is 37.0 Å². The van der Waals surface area contributed by atoms with Gasteiger partial charge in [-0.1, -0.05) is 36.4 Å². The van der Waals surface area contributed by atoms with E-state index in [2.05, 4.69) is 5.32 Å². The number of amides is 1. The number of benzene rings is 2. The number of carbonyl (C=O) groups is 2. The summed E-state index contributed by atoms with van der Waals surface area (Å²) in [4.78, 5) is 25.5. The van der Waals surface area contributed by atoms with Gasteiger partial charge < -0.3 is 14.8 Å². The van der Waals surface area contributed by atoms with Crippen LogP contribution in [0, 0.1) is 12.8 Å². The first-order chi connectivity index (χ1) is 14.3. The van der Waals surface area contributed by atoms with Crippen molar-refractivity contribution in [3.63, 3.8) is 0 Å². The number of methoxy groups -OCH3 is 1. The van der Waals surface area contributed by atoms with Gasteiger partial charge in [-0.3, -0.25) is 9.59 Å². The van der Waals surface area contributed by atoms with Gasteiger partial charge in [0.25, 0.3) is 5.91 Å². The first-order valence-electron chi connectivity index (χ1n) is 9.68. The van der Waals surface area contributed by atoms with E-state index in [0.29, 0.717) is 23.4 Å². The van der Waals surface area contributed by atoms with Crippen LogP contribution in [-0.4, -0.2) is 38.9 Å². The number of rotatable bonds is 7. The zero-order valence-electron chi connectivity index (χ0n) is 17.0. The number of anilines is 1. The van der Waals surface area contributed by atoms with Crippen LogP contribution in [0.4, 0.5) is 5.69 Å². The molecule has 30 heavy (non-hydrogen) atoms. The maximum atomic E-state index is 13.0. The van der Waals surface area contributed by atoms with E-state index in [0.717, 1.165) is 5.56 Å². The molecule has 0 radical (unpaired) electrons. The summed E-state index contributed by atoms with van der Waals surface area (Å²) in [5.74, 6) is -0.845. The first-order valence-corrected chi connectivity index (χ1v) is 11.5. The zero-order chi connectivity index (χ0) is 21.7. The number of hydrogen-bond acceptors (Lipinski definition) is 6. The Labute approximate surface area is 176 Å². The molecule has 1 fully saturated rings. The predicted molar refractivity (Wildman–Crippen MR) is 113 cm³/mol. The molecule has 7 nitrogen and oxygen atoms in total. The van der Waals surface area contributed by atoms with Gasteiger partial charge in [-0.25, -0.2) is 8.42 Å². The van der Waals surface area contributed by atoms with Crippen molar-refractivity contribution in [2.75, 3.05) is 23.9 Å². The largest absolute Gasteiger partial charge is 0.495 e. The molecule has 1 saturated heterocycles. The van der Waals surface area contributed by atoms with E-state index in [1.165, 1.54) is 7.11 Å². The molecule has 1 N–H and O–H groups in total. The number of ether oxygens (including phenoxy) is 2. The summed E-state index contributed by atoms with van der Waals surface area (Å²) in [7, 11) is -1.59. The Hall–Kier alpha value is -2.87. The maximum Gasteiger partial charge on any atom is 0.307 e. The Morgan fingerprint density at radius 3 is 2.53 bits per heavy atom. The third-order valence-electron chi connectivity index (χ3n) is 4.98. The van der Waals surface area contributed by atoms with Crippen molar-refractivity contribution in [3.8, 4) is 5.75 Å². The van der Waals surface area contributed by atoms with E-state index in [-0.39, 0.29) is 23.8 Å². The van der Waals surface area contributed by atoms with Gasteiger partial charge in [-0.2, -0.15) is 0 Å². The summed E-state index contributed by atoms with van der Waals surface area (Å²) in [5, 5.41) is 2.78. The minimum absolute atomic E-state index is 0.0230. The van der Waals surface area contributed by atoms with Crippen molar-refractivity contribution in [3.05, 3.63) is 59.7 Å². The third-order valence-corrected chi connectivity index (χ3v) is 6.82. The molecule has 8 heteroatoms. The molecule has 0 spiro atoms. The van der Waals surface area contributed by atoms with Gasteiger partial charge in [0.1, 0.15) is 5.75 Å². The van der Waals surface area contributed by atoms with Gasteiger partial charge in [0, 0.05) is 12.0 Å². The molecule has 2 atom stereocenters. The number of esters is 1. The summed E-state index contributed by atoms with van der Waals surface area (Å²) < 4.78 is 34.1. The van der Waals surface area contributed by atoms with Crippen LogP contribution < -0.4 is 10.1 Å². The Morgan fingerprint density at radius 1 is 1.17 bits per heavy atom. The normalized spacial score (nSPS) is 18.4. The molecule has 3 rings (SSSR count). The fourth-order valence-electron chi connectivity index (χ4n) is 3.47. The van der Waals surface area contributed by atoms with E-state index in [1.807, 2.05) is 13.0 Å². The van der Waals surface area contributed by atoms with Crippen LogP contribution in [0.2, 0.25) is 0 Å². The molecule has 1 aliphatic rings. The lowest BCUT2D eigenvalue weighted by Gasteiger charge is -2.20. The topological polar surface area (TPSA) is 98.8 Å². The lowest BCUT2D eigenvalue weighted by atomic mass is 10.1. The number of hydrogen-bond donors (Lipinski definition) is 1. The minimum atomic E-state index is -3.09. The summed E-state index contributed by atoms with van der Waals surface area (Å²) in [6.45, 7) is 1.89. The van der Waals surface area contributed by atoms with E-state index in [9.17, 15) is 18.0 Å². The van der Waals surface area contributed by atoms with Crippen molar-refractivity contribution in [1.29, 1.82) is 0 Å². The van der Waals surface area contributed by atoms with Crippen molar-refractivity contribution >= 4 is 27.4 Å². The van der Waals surface area contributed by atoms with Crippen LogP contribution in [0.3, 0.4) is 0 Å². The van der Waals surface area contributed by atoms with Crippen molar-refractivity contribution in [2.24, 2.45) is 5.92 Å². The Morgan fingerprint density at radius 2 is 1.90 bits per heavy atom. The average molecular weight is 432 g/mol. The molecule has 160 valence electrons. The smallest absolute Gasteiger partial charge is 0.307 e. The van der Waals surface area contributed by atoms with Crippen LogP contribution in [0.5, 0.6) is 5.75 Å². The molecular weight excluding hydrogens is 406 g/mol. The van der Waals surface area contributed by atoms with Gasteiger partial charge in [0.05, 0.1) is 24.3 Å². The highest BCUT2D eigenvalue weighted by atomic mass is 32.2. The van der Waals surface area contributed by atoms with E-state index >= 15 is 0 Å². The zero-order valence-corrected chi connectivity index (χ0v) is 17.8. The quantitative estimate of drug-likeness (QED) is 0.677. The maximum absolute atomic E-state index is 13.0. The summed E-state index contributed by atoms with van der Waals surface area (Å²) in [6.07, 6.45) is -0.772. The Balaban J connectivity index is 1.77. The van der Waals surface area contributed by atoms with Gasteiger partial charge in [-0.15, -0.1) is 0 Å². The van der Waals surface area contributed by atoms with Gasteiger partial charge >= 0.3 is 5.97 Å². The van der Waals surface area contributed by atoms with E-state index in [1.54, 1.807) is 42.5 Å². The second-order valence-corrected chi connectivity index (χ2v) is 9.68. The lowest BCUT2D eigenvalue weighted by molar-refractivity contribution is -0.155. The molecule has 1 heterocycles. The van der Waals surface area contributed by atoms with Crippen LogP contribution in [0.15, 0.2) is 48.5 Å². The predicted octanol–water partition coefficient (Wildman–Crippen LogP) is 3.05. The molecule has 1 amide bonds. The minimum Gasteiger partial charge on any atom is -0.495 e. The first kappa shape index (κ1) is 21.8. The van der Waals surface area contributed by atoms with Gasteiger partial charge in [0.15, 0.2) is 9.84 Å². The highest BCUT2D eigenvalue weighted by Gasteiger charge is 2.32. The van der Waals surface area contributed by atoms with Crippen LogP contribution in [-0.2, 0) is 24.2 Å². The van der Waals surface area contributed by atoms with Crippen LogP contribution in [0.25, 0.3) is 0 Å². The van der Waals surface area contributed by atoms with Crippen LogP contribution >= 0.6 is 0 Å². The van der Waals surface area contributed by atoms with Crippen molar-refractivity contribution in [2.45, 2.75) is 25.9 Å². The second-order valence-electron chi connectivity index (χ2n) is 7.45. The van der Waals surface area contributed by atoms with Crippen molar-refractivity contribution < 1.29 is 27.5 Å². The standard InChI is InChI=1S/C22H25NO6S/c1-15-8-9-19(28-2)18(12-15)23-22(25)21(17-6-4-3-5-7-17)29-20(24)13-16-10-11-30(26,27)14-16/h3-9,12,16,21H,10-11,13-14H2,1-2H3,(H,23,25). The number of carbonyl (C=O) groups excluding carboxylic acids is 2. The Kier molecular flexibility index (Phi) is 6.77. The molecule has 2 aromatic rings. The summed E-state index contributed by atoms with van der Waals surface area (Å²) in [5.41, 5.74) is 1.93. The van der Waals surface area contributed by atoms with Crippen LogP contribution in [0.1, 0.15) is 30.1 Å². The molecule has 2 aromatic carbocycles. The number of nitrogens with one attached hydrogen (secondary N) is 1. The average Bonchev–Trinajstić information content (AvgIpc) is 3.05. The van der Waals surface area contributed by atoms with Crippen molar-refractivity contribution in [1.82, 2.24) is 0 Å². The number of sulfone groups is 1. The highest BCUT2D eigenvalue weighted by molar-refractivity contribution is 7.91. The Bertz CT molecular complexity index is 1020. The molecule has 1 aliphatic heterocycles. The van der Waals surface area contributed by atoms with Gasteiger partial charge in [0.2, 0.25) is 6.10 Å². The third kappa shape index (κ3) is 5.60. The fraction of sp³-hybridized carbons (Fsp3) is 0.364. The molecule has 0 aliphatic carbocycles. The molecule has 0 bridgehead atoms. The second kappa shape index (κ2) is 9.30. The summed E-state index contributed by atoms with van der Waals surface area (Å²) >= 11 is 0. The molecule has 2 unspecified atom stereocenters. The lowest BCUT2D eigenvalue weighted by Crippen LogP contribution is -2.27. The van der Waals surface area contributed by atoms with E-state index < -0.39 is 27.8 Å². The molecule has 0 saturated carbocycles. The summed E-state index contributed by atoms with van der Waals surface area (Å²) in [6, 6.07) is 14.1.